The van der Waals surface area contributed by atoms with Crippen LogP contribution in [0.4, 0.5) is 5.88 Å². The molecule has 0 spiro atoms. The Morgan fingerprint density at radius 1 is 1.50 bits per heavy atom. The molecule has 2 rings (SSSR count). The maximum atomic E-state index is 12.0. The van der Waals surface area contributed by atoms with Crippen molar-refractivity contribution in [1.29, 1.82) is 0 Å². The number of amides is 1. The van der Waals surface area contributed by atoms with E-state index in [2.05, 4.69) is 34.5 Å². The minimum atomic E-state index is -0.0576. The maximum absolute atomic E-state index is 12.0. The van der Waals surface area contributed by atoms with Crippen molar-refractivity contribution in [2.45, 2.75) is 45.7 Å². The zero-order valence-electron chi connectivity index (χ0n) is 12.6. The van der Waals surface area contributed by atoms with Gasteiger partial charge >= 0.3 is 0 Å². The lowest BCUT2D eigenvalue weighted by molar-refractivity contribution is -0.117. The molecule has 2 unspecified atom stereocenters. The molecule has 1 fully saturated rings. The summed E-state index contributed by atoms with van der Waals surface area (Å²) in [5, 5.41) is 10.1. The number of hydrogen-bond donors (Lipinski definition) is 2. The number of anilines is 1. The summed E-state index contributed by atoms with van der Waals surface area (Å²) in [4.78, 5) is 14.2. The van der Waals surface area contributed by atoms with E-state index in [4.69, 9.17) is 4.52 Å². The highest BCUT2D eigenvalue weighted by molar-refractivity contribution is 5.91. The third kappa shape index (κ3) is 4.05. The van der Waals surface area contributed by atoms with E-state index >= 15 is 0 Å². The molecule has 0 aliphatic carbocycles. The molecule has 1 aromatic heterocycles. The lowest BCUT2D eigenvalue weighted by atomic mass is 10.1. The van der Waals surface area contributed by atoms with Gasteiger partial charge in [0.2, 0.25) is 11.8 Å². The molecule has 2 N–H and O–H groups in total. The number of aromatic nitrogens is 1. The van der Waals surface area contributed by atoms with Gasteiger partial charge in [-0.3, -0.25) is 15.0 Å². The topological polar surface area (TPSA) is 70.4 Å². The van der Waals surface area contributed by atoms with Gasteiger partial charge in [-0.05, 0) is 19.8 Å². The van der Waals surface area contributed by atoms with Crippen LogP contribution in [0.1, 0.15) is 39.3 Å². The maximum Gasteiger partial charge on any atom is 0.240 e. The van der Waals surface area contributed by atoms with Crippen LogP contribution < -0.4 is 10.6 Å². The number of carbonyl (C=O) groups excluding carboxylic acids is 1. The summed E-state index contributed by atoms with van der Waals surface area (Å²) in [7, 11) is 0. The molecule has 0 bridgehead atoms. The Bertz CT molecular complexity index is 448. The zero-order valence-corrected chi connectivity index (χ0v) is 12.6. The molecule has 20 heavy (non-hydrogen) atoms. The predicted octanol–water partition coefficient (Wildman–Crippen LogP) is 1.42. The van der Waals surface area contributed by atoms with Crippen molar-refractivity contribution in [3.63, 3.8) is 0 Å². The molecule has 0 radical (unpaired) electrons. The van der Waals surface area contributed by atoms with Gasteiger partial charge in [0.15, 0.2) is 0 Å². The van der Waals surface area contributed by atoms with Gasteiger partial charge in [-0.2, -0.15) is 0 Å². The number of piperazine rings is 1. The molecule has 1 aromatic rings. The van der Waals surface area contributed by atoms with Crippen molar-refractivity contribution < 1.29 is 9.32 Å². The van der Waals surface area contributed by atoms with Crippen molar-refractivity contribution in [1.82, 2.24) is 15.4 Å². The third-order valence-electron chi connectivity index (χ3n) is 3.38. The van der Waals surface area contributed by atoms with Crippen LogP contribution in [0, 0.1) is 0 Å². The van der Waals surface area contributed by atoms with Crippen LogP contribution in [0.15, 0.2) is 10.6 Å². The Hall–Kier alpha value is -1.40. The lowest BCUT2D eigenvalue weighted by Gasteiger charge is -2.35. The highest BCUT2D eigenvalue weighted by Crippen LogP contribution is 2.17. The first-order valence-electron chi connectivity index (χ1n) is 7.19. The van der Waals surface area contributed by atoms with E-state index < -0.39 is 0 Å². The highest BCUT2D eigenvalue weighted by atomic mass is 16.5. The predicted molar refractivity (Wildman–Crippen MR) is 77.7 cm³/mol. The van der Waals surface area contributed by atoms with Crippen LogP contribution in [0.3, 0.4) is 0 Å². The van der Waals surface area contributed by atoms with Gasteiger partial charge in [0.1, 0.15) is 0 Å². The molecule has 0 aromatic carbocycles. The van der Waals surface area contributed by atoms with Gasteiger partial charge in [-0.15, -0.1) is 0 Å². The van der Waals surface area contributed by atoms with Gasteiger partial charge < -0.3 is 9.84 Å². The summed E-state index contributed by atoms with van der Waals surface area (Å²) in [6, 6.07) is 2.60. The first kappa shape index (κ1) is 15.0. The molecule has 6 heteroatoms. The number of nitrogens with zero attached hydrogens (tertiary/aromatic N) is 2. The molecule has 1 aliphatic rings. The van der Waals surface area contributed by atoms with Crippen LogP contribution in [-0.2, 0) is 4.79 Å². The quantitative estimate of drug-likeness (QED) is 0.873. The molecule has 1 amide bonds. The summed E-state index contributed by atoms with van der Waals surface area (Å²) in [5.74, 6) is 0.659. The molecule has 1 saturated heterocycles. The normalized spacial score (nSPS) is 24.1. The molecule has 2 heterocycles. The van der Waals surface area contributed by atoms with Gasteiger partial charge in [0.25, 0.3) is 0 Å². The molecule has 0 saturated carbocycles. The fraction of sp³-hybridized carbons (Fsp3) is 0.714. The fourth-order valence-electron chi connectivity index (χ4n) is 2.57. The van der Waals surface area contributed by atoms with E-state index in [9.17, 15) is 4.79 Å². The first-order chi connectivity index (χ1) is 9.44. The van der Waals surface area contributed by atoms with Crippen molar-refractivity contribution in [3.05, 3.63) is 11.8 Å². The average molecular weight is 280 g/mol. The summed E-state index contributed by atoms with van der Waals surface area (Å²) in [6.45, 7) is 10.5. The van der Waals surface area contributed by atoms with Crippen molar-refractivity contribution in [3.8, 4) is 0 Å². The summed E-state index contributed by atoms with van der Waals surface area (Å²) < 4.78 is 5.12. The molecule has 1 aliphatic heterocycles. The van der Waals surface area contributed by atoms with Gasteiger partial charge in [-0.25, -0.2) is 0 Å². The number of rotatable bonds is 4. The summed E-state index contributed by atoms with van der Waals surface area (Å²) in [5.41, 5.74) is 0.852. The Morgan fingerprint density at radius 2 is 2.15 bits per heavy atom. The Morgan fingerprint density at radius 3 is 2.70 bits per heavy atom. The van der Waals surface area contributed by atoms with Gasteiger partial charge in [-0.1, -0.05) is 19.0 Å². The van der Waals surface area contributed by atoms with Crippen LogP contribution in [0.25, 0.3) is 0 Å². The van der Waals surface area contributed by atoms with Crippen LogP contribution in [0.2, 0.25) is 0 Å². The fourth-order valence-corrected chi connectivity index (χ4v) is 2.57. The van der Waals surface area contributed by atoms with Crippen LogP contribution in [0.5, 0.6) is 0 Å². The lowest BCUT2D eigenvalue weighted by Crippen LogP contribution is -2.55. The van der Waals surface area contributed by atoms with E-state index in [0.717, 1.165) is 18.8 Å². The van der Waals surface area contributed by atoms with Crippen LogP contribution >= 0.6 is 0 Å². The molecule has 6 nitrogen and oxygen atoms in total. The second-order valence-electron chi connectivity index (χ2n) is 5.98. The van der Waals surface area contributed by atoms with Gasteiger partial charge in [0.05, 0.1) is 12.2 Å². The molecular formula is C14H24N4O2. The first-order valence-corrected chi connectivity index (χ1v) is 7.19. The van der Waals surface area contributed by atoms with E-state index in [-0.39, 0.29) is 5.91 Å². The van der Waals surface area contributed by atoms with Gasteiger partial charge in [0, 0.05) is 31.2 Å². The smallest absolute Gasteiger partial charge is 0.240 e. The number of carbonyl (C=O) groups is 1. The second kappa shape index (κ2) is 6.37. The van der Waals surface area contributed by atoms with Crippen molar-refractivity contribution in [2.24, 2.45) is 0 Å². The monoisotopic (exact) mass is 280 g/mol. The number of nitrogens with one attached hydrogen (secondary N) is 2. The van der Waals surface area contributed by atoms with E-state index in [1.807, 2.05) is 13.8 Å². The van der Waals surface area contributed by atoms with Crippen LogP contribution in [-0.4, -0.2) is 47.7 Å². The minimum Gasteiger partial charge on any atom is -0.338 e. The SMILES string of the molecule is CC1CN(CC(=O)Nc2cc(C(C)C)no2)CC(C)N1. The molecule has 112 valence electrons. The van der Waals surface area contributed by atoms with E-state index in [0.29, 0.717) is 30.4 Å². The number of hydrogen-bond acceptors (Lipinski definition) is 5. The van der Waals surface area contributed by atoms with Crippen molar-refractivity contribution >= 4 is 11.8 Å². The Balaban J connectivity index is 1.85. The van der Waals surface area contributed by atoms with E-state index in [1.165, 1.54) is 0 Å². The summed E-state index contributed by atoms with van der Waals surface area (Å²) in [6.07, 6.45) is 0. The molecule has 2 atom stereocenters. The Kier molecular flexibility index (Phi) is 4.77. The second-order valence-corrected chi connectivity index (χ2v) is 5.98. The van der Waals surface area contributed by atoms with Crippen molar-refractivity contribution in [2.75, 3.05) is 25.0 Å². The minimum absolute atomic E-state index is 0.0576. The standard InChI is InChI=1S/C14H24N4O2/c1-9(2)12-5-14(20-17-12)16-13(19)8-18-6-10(3)15-11(4)7-18/h5,9-11,15H,6-8H2,1-4H3,(H,16,19). The average Bonchev–Trinajstić information content (AvgIpc) is 2.75. The Labute approximate surface area is 119 Å². The molecular weight excluding hydrogens is 256 g/mol. The third-order valence-corrected chi connectivity index (χ3v) is 3.38. The summed E-state index contributed by atoms with van der Waals surface area (Å²) >= 11 is 0. The van der Waals surface area contributed by atoms with E-state index in [1.54, 1.807) is 6.07 Å². The largest absolute Gasteiger partial charge is 0.338 e. The highest BCUT2D eigenvalue weighted by Gasteiger charge is 2.22. The zero-order chi connectivity index (χ0) is 14.7.